The molecule has 1 aliphatic heterocycles. The molecule has 1 saturated heterocycles. The van der Waals surface area contributed by atoms with E-state index in [9.17, 15) is 14.0 Å². The van der Waals surface area contributed by atoms with Gasteiger partial charge in [-0.1, -0.05) is 54.1 Å². The summed E-state index contributed by atoms with van der Waals surface area (Å²) < 4.78 is 14.3. The molecule has 0 aromatic heterocycles. The van der Waals surface area contributed by atoms with Crippen molar-refractivity contribution in [3.63, 3.8) is 0 Å². The first kappa shape index (κ1) is 25.9. The molecule has 1 aliphatic rings. The maximum absolute atomic E-state index is 14.3. The van der Waals surface area contributed by atoms with Crippen molar-refractivity contribution in [3.8, 4) is 0 Å². The maximum atomic E-state index is 14.3. The summed E-state index contributed by atoms with van der Waals surface area (Å²) >= 11 is 11.8. The van der Waals surface area contributed by atoms with Crippen molar-refractivity contribution in [1.82, 2.24) is 16.0 Å². The van der Waals surface area contributed by atoms with Crippen LogP contribution >= 0.6 is 23.2 Å². The Morgan fingerprint density at radius 1 is 1.37 bits per heavy atom. The SMILES string of the molecule is C=C/C(Cl)=C\C=C/C[C@@H]1[C@H](/C=C/C(F)=C(Cl)\C=C(/C)NC=O)CN[C@H]1C(=O)NCC. The molecular weight excluding hydrogens is 428 g/mol. The first-order valence-electron chi connectivity index (χ1n) is 9.61. The minimum absolute atomic E-state index is 0.0689. The third kappa shape index (κ3) is 8.69. The van der Waals surface area contributed by atoms with Crippen LogP contribution in [-0.4, -0.2) is 31.4 Å². The van der Waals surface area contributed by atoms with Gasteiger partial charge in [-0.05, 0) is 50.3 Å². The van der Waals surface area contributed by atoms with Crippen LogP contribution in [0.25, 0.3) is 0 Å². The van der Waals surface area contributed by atoms with Crippen molar-refractivity contribution in [2.45, 2.75) is 26.3 Å². The molecule has 1 fully saturated rings. The summed E-state index contributed by atoms with van der Waals surface area (Å²) in [7, 11) is 0. The number of allylic oxidation sites excluding steroid dienone is 10. The van der Waals surface area contributed by atoms with E-state index in [1.165, 1.54) is 18.2 Å². The zero-order chi connectivity index (χ0) is 22.5. The summed E-state index contributed by atoms with van der Waals surface area (Å²) in [5.74, 6) is -0.853. The van der Waals surface area contributed by atoms with Gasteiger partial charge in [0.05, 0.1) is 11.1 Å². The van der Waals surface area contributed by atoms with E-state index in [4.69, 9.17) is 23.2 Å². The van der Waals surface area contributed by atoms with Crippen LogP contribution < -0.4 is 16.0 Å². The molecule has 0 aliphatic carbocycles. The molecule has 1 rings (SSSR count). The number of amides is 2. The summed E-state index contributed by atoms with van der Waals surface area (Å²) in [5.41, 5.74) is 0.423. The molecule has 164 valence electrons. The van der Waals surface area contributed by atoms with Gasteiger partial charge in [0.1, 0.15) is 5.83 Å². The van der Waals surface area contributed by atoms with Gasteiger partial charge < -0.3 is 16.0 Å². The largest absolute Gasteiger partial charge is 0.355 e. The van der Waals surface area contributed by atoms with Crippen molar-refractivity contribution in [2.75, 3.05) is 13.1 Å². The van der Waals surface area contributed by atoms with Gasteiger partial charge in [0.2, 0.25) is 12.3 Å². The zero-order valence-electron chi connectivity index (χ0n) is 17.1. The predicted molar refractivity (Wildman–Crippen MR) is 121 cm³/mol. The van der Waals surface area contributed by atoms with Crippen molar-refractivity contribution >= 4 is 35.5 Å². The number of hydrogen-bond acceptors (Lipinski definition) is 3. The highest BCUT2D eigenvalue weighted by Gasteiger charge is 2.37. The van der Waals surface area contributed by atoms with E-state index in [1.807, 2.05) is 19.1 Å². The average molecular weight is 456 g/mol. The van der Waals surface area contributed by atoms with Crippen LogP contribution in [0.4, 0.5) is 4.39 Å². The Kier molecular flexibility index (Phi) is 12.0. The Labute approximate surface area is 187 Å². The van der Waals surface area contributed by atoms with Crippen LogP contribution in [0, 0.1) is 11.8 Å². The molecule has 5 nitrogen and oxygen atoms in total. The molecule has 0 bridgehead atoms. The molecule has 0 saturated carbocycles. The van der Waals surface area contributed by atoms with Crippen molar-refractivity contribution in [2.24, 2.45) is 11.8 Å². The molecule has 0 aromatic rings. The topological polar surface area (TPSA) is 70.2 Å². The lowest BCUT2D eigenvalue weighted by Crippen LogP contribution is -2.43. The van der Waals surface area contributed by atoms with Crippen molar-refractivity contribution in [1.29, 1.82) is 0 Å². The Hall–Kier alpha value is -2.15. The van der Waals surface area contributed by atoms with Crippen LogP contribution in [0.2, 0.25) is 0 Å². The van der Waals surface area contributed by atoms with E-state index in [0.29, 0.717) is 36.6 Å². The van der Waals surface area contributed by atoms with Gasteiger partial charge in [-0.25, -0.2) is 4.39 Å². The first-order chi connectivity index (χ1) is 14.3. The third-order valence-corrected chi connectivity index (χ3v) is 5.10. The fourth-order valence-electron chi connectivity index (χ4n) is 3.05. The van der Waals surface area contributed by atoms with E-state index < -0.39 is 5.83 Å². The fraction of sp³-hybridized carbons (Fsp3) is 0.364. The quantitative estimate of drug-likeness (QED) is 0.322. The lowest BCUT2D eigenvalue weighted by molar-refractivity contribution is -0.123. The van der Waals surface area contributed by atoms with Crippen molar-refractivity contribution in [3.05, 3.63) is 70.7 Å². The van der Waals surface area contributed by atoms with E-state index >= 15 is 0 Å². The number of rotatable bonds is 11. The number of carbonyl (C=O) groups excluding carboxylic acids is 2. The van der Waals surface area contributed by atoms with Crippen LogP contribution in [-0.2, 0) is 9.59 Å². The standard InChI is InChI=1S/C22H28Cl2FN3O2/c1-4-17(23)8-6-7-9-18-16(13-27-21(18)22(30)26-5-2)10-11-20(25)19(24)12-15(3)28-14-29/h4,6-8,10-12,14,16,18,21,27H,1,5,9,13H2,2-3H3,(H,26,30)(H,28,29)/b7-6-,11-10+,15-12+,17-8+,20-19-/t16-,18-,21-/m1/s1. The summed E-state index contributed by atoms with van der Waals surface area (Å²) in [6, 6.07) is -0.385. The lowest BCUT2D eigenvalue weighted by Gasteiger charge is -2.20. The Balaban J connectivity index is 2.99. The number of hydrogen-bond donors (Lipinski definition) is 3. The van der Waals surface area contributed by atoms with Gasteiger partial charge >= 0.3 is 0 Å². The van der Waals surface area contributed by atoms with Gasteiger partial charge in [-0.15, -0.1) is 0 Å². The van der Waals surface area contributed by atoms with E-state index in [-0.39, 0.29) is 28.8 Å². The first-order valence-corrected chi connectivity index (χ1v) is 10.4. The molecule has 0 spiro atoms. The predicted octanol–water partition coefficient (Wildman–Crippen LogP) is 4.21. The normalized spacial score (nSPS) is 23.6. The van der Waals surface area contributed by atoms with Crippen LogP contribution in [0.3, 0.4) is 0 Å². The Morgan fingerprint density at radius 2 is 2.10 bits per heavy atom. The van der Waals surface area contributed by atoms with Crippen LogP contribution in [0.1, 0.15) is 20.3 Å². The fourth-order valence-corrected chi connectivity index (χ4v) is 3.35. The lowest BCUT2D eigenvalue weighted by atomic mass is 9.86. The molecule has 30 heavy (non-hydrogen) atoms. The highest BCUT2D eigenvalue weighted by Crippen LogP contribution is 2.29. The second-order valence-electron chi connectivity index (χ2n) is 6.67. The average Bonchev–Trinajstić information content (AvgIpc) is 3.12. The Bertz CT molecular complexity index is 772. The van der Waals surface area contributed by atoms with E-state index in [1.54, 1.807) is 19.1 Å². The second kappa shape index (κ2) is 14.0. The van der Waals surface area contributed by atoms with E-state index in [0.717, 1.165) is 0 Å². The number of halogens is 3. The highest BCUT2D eigenvalue weighted by molar-refractivity contribution is 6.31. The van der Waals surface area contributed by atoms with Gasteiger partial charge in [-0.2, -0.15) is 0 Å². The third-order valence-electron chi connectivity index (χ3n) is 4.53. The molecule has 1 heterocycles. The highest BCUT2D eigenvalue weighted by atomic mass is 35.5. The monoisotopic (exact) mass is 455 g/mol. The number of carbonyl (C=O) groups is 2. The minimum Gasteiger partial charge on any atom is -0.355 e. The number of likely N-dealkylation sites (N-methyl/N-ethyl adjacent to an activating group) is 1. The van der Waals surface area contributed by atoms with Gasteiger partial charge in [0, 0.05) is 23.8 Å². The molecular formula is C22H28Cl2FN3O2. The molecule has 0 unspecified atom stereocenters. The smallest absolute Gasteiger partial charge is 0.237 e. The second-order valence-corrected chi connectivity index (χ2v) is 7.52. The summed E-state index contributed by atoms with van der Waals surface area (Å²) in [6.07, 6.45) is 12.4. The summed E-state index contributed by atoms with van der Waals surface area (Å²) in [4.78, 5) is 22.8. The van der Waals surface area contributed by atoms with Gasteiger partial charge in [-0.3, -0.25) is 9.59 Å². The summed E-state index contributed by atoms with van der Waals surface area (Å²) in [6.45, 7) is 8.11. The molecule has 3 N–H and O–H groups in total. The zero-order valence-corrected chi connectivity index (χ0v) is 18.6. The van der Waals surface area contributed by atoms with Crippen LogP contribution in [0.5, 0.6) is 0 Å². The molecule has 0 aromatic carbocycles. The minimum atomic E-state index is -0.625. The number of nitrogens with one attached hydrogen (secondary N) is 3. The summed E-state index contributed by atoms with van der Waals surface area (Å²) in [5, 5.41) is 8.84. The van der Waals surface area contributed by atoms with E-state index in [2.05, 4.69) is 22.5 Å². The van der Waals surface area contributed by atoms with Crippen molar-refractivity contribution < 1.29 is 14.0 Å². The molecule has 2 amide bonds. The Morgan fingerprint density at radius 3 is 2.73 bits per heavy atom. The molecule has 8 heteroatoms. The van der Waals surface area contributed by atoms with Crippen LogP contribution in [0.15, 0.2) is 70.7 Å². The van der Waals surface area contributed by atoms with Gasteiger partial charge in [0.15, 0.2) is 0 Å². The molecule has 0 radical (unpaired) electrons. The maximum Gasteiger partial charge on any atom is 0.237 e. The molecule has 3 atom stereocenters. The van der Waals surface area contributed by atoms with Gasteiger partial charge in [0.25, 0.3) is 0 Å².